The van der Waals surface area contributed by atoms with Gasteiger partial charge in [-0.3, -0.25) is 9.69 Å². The Bertz CT molecular complexity index is 1630. The molecular formula is C29H27N7O2. The summed E-state index contributed by atoms with van der Waals surface area (Å²) < 4.78 is 3.25. The zero-order valence-corrected chi connectivity index (χ0v) is 21.7. The second-order valence-electron chi connectivity index (χ2n) is 9.11. The summed E-state index contributed by atoms with van der Waals surface area (Å²) in [7, 11) is 0. The third kappa shape index (κ3) is 4.86. The maximum absolute atomic E-state index is 11.8. The zero-order chi connectivity index (χ0) is 26.8. The number of ketones is 1. The zero-order valence-electron chi connectivity index (χ0n) is 21.7. The topological polar surface area (TPSA) is 98.8 Å². The lowest BCUT2D eigenvalue weighted by molar-refractivity contribution is -0.107. The molecule has 9 nitrogen and oxygen atoms in total. The predicted molar refractivity (Wildman–Crippen MR) is 145 cm³/mol. The van der Waals surface area contributed by atoms with Crippen molar-refractivity contribution in [3.63, 3.8) is 0 Å². The van der Waals surface area contributed by atoms with Crippen LogP contribution < -0.4 is 4.90 Å². The Hall–Kier alpha value is -4.92. The van der Waals surface area contributed by atoms with Gasteiger partial charge < -0.3 is 4.79 Å². The fraction of sp³-hybridized carbons (Fsp3) is 0.172. The fourth-order valence-electron chi connectivity index (χ4n) is 4.52. The molecule has 5 rings (SSSR count). The second-order valence-corrected chi connectivity index (χ2v) is 9.11. The van der Waals surface area contributed by atoms with Gasteiger partial charge in [-0.2, -0.15) is 10.2 Å². The molecule has 4 heterocycles. The van der Waals surface area contributed by atoms with Gasteiger partial charge in [-0.05, 0) is 68.3 Å². The first-order valence-electron chi connectivity index (χ1n) is 12.2. The lowest BCUT2D eigenvalue weighted by Crippen LogP contribution is -2.17. The molecule has 190 valence electrons. The SMILES string of the molecule is CC(=O)c1ccn(-c2cccc(N(c3cccc(-n4ccc(CC=O)n4)n3)c3c(C)cc(C)cc3C)n2)n1. The van der Waals surface area contributed by atoms with E-state index in [4.69, 9.17) is 9.97 Å². The van der Waals surface area contributed by atoms with Crippen molar-refractivity contribution in [2.45, 2.75) is 34.1 Å². The van der Waals surface area contributed by atoms with E-state index in [9.17, 15) is 9.59 Å². The number of nitrogens with zero attached hydrogens (tertiary/aromatic N) is 7. The molecule has 0 atom stereocenters. The Kier molecular flexibility index (Phi) is 6.66. The van der Waals surface area contributed by atoms with E-state index >= 15 is 0 Å². The van der Waals surface area contributed by atoms with Crippen LogP contribution in [0.5, 0.6) is 0 Å². The van der Waals surface area contributed by atoms with E-state index < -0.39 is 0 Å². The van der Waals surface area contributed by atoms with Gasteiger partial charge >= 0.3 is 0 Å². The van der Waals surface area contributed by atoms with Crippen molar-refractivity contribution in [1.29, 1.82) is 0 Å². The van der Waals surface area contributed by atoms with Gasteiger partial charge in [0.15, 0.2) is 17.4 Å². The maximum Gasteiger partial charge on any atom is 0.179 e. The lowest BCUT2D eigenvalue weighted by Gasteiger charge is -2.27. The minimum atomic E-state index is -0.108. The molecule has 9 heteroatoms. The van der Waals surface area contributed by atoms with E-state index in [1.165, 1.54) is 12.5 Å². The number of Topliss-reactive ketones (excluding diaryl/α,β-unsaturated/α-hetero) is 1. The number of aldehydes is 1. The summed E-state index contributed by atoms with van der Waals surface area (Å²) in [4.78, 5) is 34.6. The third-order valence-corrected chi connectivity index (χ3v) is 6.11. The van der Waals surface area contributed by atoms with Gasteiger partial charge in [-0.1, -0.05) is 29.8 Å². The number of aryl methyl sites for hydroxylation is 3. The normalized spacial score (nSPS) is 10.9. The average molecular weight is 506 g/mol. The van der Waals surface area contributed by atoms with Gasteiger partial charge in [-0.15, -0.1) is 0 Å². The monoisotopic (exact) mass is 505 g/mol. The van der Waals surface area contributed by atoms with Crippen LogP contribution in [0.1, 0.15) is 39.8 Å². The first kappa shape index (κ1) is 24.8. The van der Waals surface area contributed by atoms with E-state index in [0.29, 0.717) is 34.7 Å². The van der Waals surface area contributed by atoms with Crippen molar-refractivity contribution in [1.82, 2.24) is 29.5 Å². The van der Waals surface area contributed by atoms with E-state index in [2.05, 4.69) is 43.1 Å². The van der Waals surface area contributed by atoms with Crippen molar-refractivity contribution < 1.29 is 9.59 Å². The molecule has 0 aliphatic rings. The number of aromatic nitrogens is 6. The van der Waals surface area contributed by atoms with Crippen LogP contribution in [0.2, 0.25) is 0 Å². The smallest absolute Gasteiger partial charge is 0.179 e. The number of hydrogen-bond donors (Lipinski definition) is 0. The number of carbonyl (C=O) groups excluding carboxylic acids is 2. The number of pyridine rings is 2. The van der Waals surface area contributed by atoms with Crippen molar-refractivity contribution in [3.05, 3.63) is 101 Å². The van der Waals surface area contributed by atoms with Crippen molar-refractivity contribution in [3.8, 4) is 11.6 Å². The summed E-state index contributed by atoms with van der Waals surface area (Å²) in [6.45, 7) is 7.70. The molecule has 1 aromatic carbocycles. The molecule has 0 saturated carbocycles. The molecule has 0 unspecified atom stereocenters. The number of hydrogen-bond acceptors (Lipinski definition) is 7. The summed E-state index contributed by atoms with van der Waals surface area (Å²) in [6.07, 6.45) is 4.60. The first-order chi connectivity index (χ1) is 18.3. The summed E-state index contributed by atoms with van der Waals surface area (Å²) >= 11 is 0. The van der Waals surface area contributed by atoms with E-state index in [-0.39, 0.29) is 12.2 Å². The van der Waals surface area contributed by atoms with Gasteiger partial charge in [0.2, 0.25) is 0 Å². The van der Waals surface area contributed by atoms with Crippen LogP contribution in [0, 0.1) is 20.8 Å². The van der Waals surface area contributed by atoms with Crippen LogP contribution in [0.15, 0.2) is 73.1 Å². The van der Waals surface area contributed by atoms with Crippen molar-refractivity contribution >= 4 is 29.4 Å². The van der Waals surface area contributed by atoms with Crippen molar-refractivity contribution in [2.75, 3.05) is 4.90 Å². The Labute approximate surface area is 220 Å². The molecule has 0 fully saturated rings. The summed E-state index contributed by atoms with van der Waals surface area (Å²) in [5, 5.41) is 8.86. The molecule has 0 spiro atoms. The molecule has 0 radical (unpaired) electrons. The number of benzene rings is 1. The molecule has 0 saturated heterocycles. The first-order valence-corrected chi connectivity index (χ1v) is 12.2. The van der Waals surface area contributed by atoms with E-state index in [1.54, 1.807) is 33.9 Å². The minimum Gasteiger partial charge on any atom is -0.303 e. The Morgan fingerprint density at radius 3 is 1.97 bits per heavy atom. The Balaban J connectivity index is 1.66. The highest BCUT2D eigenvalue weighted by atomic mass is 16.1. The maximum atomic E-state index is 11.8. The Morgan fingerprint density at radius 1 is 0.842 bits per heavy atom. The van der Waals surface area contributed by atoms with Gasteiger partial charge in [0.05, 0.1) is 11.4 Å². The van der Waals surface area contributed by atoms with E-state index in [0.717, 1.165) is 23.1 Å². The van der Waals surface area contributed by atoms with Crippen LogP contribution >= 0.6 is 0 Å². The molecule has 4 aromatic heterocycles. The standard InChI is InChI=1S/C29H27N7O2/c1-19-17-20(2)29(21(3)18-19)36(27-9-5-7-25(30-27)34-14-11-23(32-34)13-16-37)28-10-6-8-26(31-28)35-15-12-24(33-35)22(4)38/h5-12,14-18H,13H2,1-4H3. The molecule has 0 aliphatic heterocycles. The quantitative estimate of drug-likeness (QED) is 0.211. The largest absolute Gasteiger partial charge is 0.303 e. The summed E-state index contributed by atoms with van der Waals surface area (Å²) in [5.74, 6) is 2.37. The summed E-state index contributed by atoms with van der Waals surface area (Å²) in [6, 6.07) is 19.1. The van der Waals surface area contributed by atoms with Crippen molar-refractivity contribution in [2.24, 2.45) is 0 Å². The minimum absolute atomic E-state index is 0.108. The molecule has 0 amide bonds. The molecule has 5 aromatic rings. The molecule has 38 heavy (non-hydrogen) atoms. The highest BCUT2D eigenvalue weighted by molar-refractivity contribution is 5.92. The molecular weight excluding hydrogens is 478 g/mol. The molecule has 0 aliphatic carbocycles. The van der Waals surface area contributed by atoms with Gasteiger partial charge in [0, 0.05) is 25.7 Å². The lowest BCUT2D eigenvalue weighted by atomic mass is 10.0. The number of rotatable bonds is 8. The predicted octanol–water partition coefficient (Wildman–Crippen LogP) is 5.19. The van der Waals surface area contributed by atoms with Crippen LogP contribution in [-0.4, -0.2) is 41.6 Å². The second kappa shape index (κ2) is 10.2. The van der Waals surface area contributed by atoms with Gasteiger partial charge in [-0.25, -0.2) is 19.3 Å². The highest BCUT2D eigenvalue weighted by Crippen LogP contribution is 2.37. The highest BCUT2D eigenvalue weighted by Gasteiger charge is 2.21. The average Bonchev–Trinajstić information content (AvgIpc) is 3.57. The van der Waals surface area contributed by atoms with E-state index in [1.807, 2.05) is 41.3 Å². The van der Waals surface area contributed by atoms with Crippen LogP contribution in [0.25, 0.3) is 11.6 Å². The molecule has 0 bridgehead atoms. The van der Waals surface area contributed by atoms with Crippen LogP contribution in [0.3, 0.4) is 0 Å². The van der Waals surface area contributed by atoms with Gasteiger partial charge in [0.1, 0.15) is 23.6 Å². The van der Waals surface area contributed by atoms with Gasteiger partial charge in [0.25, 0.3) is 0 Å². The number of carbonyl (C=O) groups is 2. The van der Waals surface area contributed by atoms with Crippen LogP contribution in [-0.2, 0) is 11.2 Å². The third-order valence-electron chi connectivity index (χ3n) is 6.11. The fourth-order valence-corrected chi connectivity index (χ4v) is 4.52. The Morgan fingerprint density at radius 2 is 1.42 bits per heavy atom. The molecule has 0 N–H and O–H groups in total. The number of anilines is 3. The van der Waals surface area contributed by atoms with Crippen LogP contribution in [0.4, 0.5) is 17.3 Å². The summed E-state index contributed by atoms with van der Waals surface area (Å²) in [5.41, 5.74) is 5.34.